The molecule has 80 valence electrons. The number of ether oxygens (including phenoxy) is 1. The highest BCUT2D eigenvalue weighted by atomic mass is 16.5. The van der Waals surface area contributed by atoms with Gasteiger partial charge >= 0.3 is 0 Å². The van der Waals surface area contributed by atoms with Crippen LogP contribution in [0, 0.1) is 0 Å². The van der Waals surface area contributed by atoms with E-state index in [0.29, 0.717) is 6.42 Å². The van der Waals surface area contributed by atoms with Crippen molar-refractivity contribution in [2.24, 2.45) is 0 Å². The number of aliphatic hydroxyl groups excluding tert-OH is 1. The number of H-pyrrole nitrogens is 1. The highest BCUT2D eigenvalue weighted by Crippen LogP contribution is 2.32. The van der Waals surface area contributed by atoms with Crippen molar-refractivity contribution in [2.75, 3.05) is 7.11 Å². The number of hydrogen-bond acceptors (Lipinski definition) is 2. The molecule has 2 rings (SSSR count). The van der Waals surface area contributed by atoms with Gasteiger partial charge in [0.05, 0.1) is 13.2 Å². The first-order valence-electron chi connectivity index (χ1n) is 5.10. The van der Waals surface area contributed by atoms with Crippen LogP contribution in [0.3, 0.4) is 0 Å². The van der Waals surface area contributed by atoms with Crippen LogP contribution in [0.15, 0.2) is 24.4 Å². The van der Waals surface area contributed by atoms with E-state index in [9.17, 15) is 5.11 Å². The lowest BCUT2D eigenvalue weighted by Gasteiger charge is -2.08. The smallest absolute Gasteiger partial charge is 0.128 e. The maximum absolute atomic E-state index is 9.86. The fourth-order valence-corrected chi connectivity index (χ4v) is 1.83. The SMILES string of the molecule is CC[C@@H](O)c1c[nH]c2cccc(OC)c12. The van der Waals surface area contributed by atoms with E-state index in [-0.39, 0.29) is 0 Å². The first-order chi connectivity index (χ1) is 7.27. The zero-order chi connectivity index (χ0) is 10.8. The van der Waals surface area contributed by atoms with Crippen molar-refractivity contribution in [3.8, 4) is 5.75 Å². The van der Waals surface area contributed by atoms with Gasteiger partial charge in [0.15, 0.2) is 0 Å². The molecule has 0 unspecified atom stereocenters. The van der Waals surface area contributed by atoms with Crippen LogP contribution in [0.4, 0.5) is 0 Å². The normalized spacial score (nSPS) is 13.0. The quantitative estimate of drug-likeness (QED) is 0.809. The van der Waals surface area contributed by atoms with E-state index < -0.39 is 6.10 Å². The summed E-state index contributed by atoms with van der Waals surface area (Å²) in [4.78, 5) is 3.14. The van der Waals surface area contributed by atoms with Crippen molar-refractivity contribution in [1.82, 2.24) is 4.98 Å². The van der Waals surface area contributed by atoms with Gasteiger partial charge in [-0.05, 0) is 18.6 Å². The standard InChI is InChI=1S/C12H15NO2/c1-3-10(14)8-7-13-9-5-4-6-11(15-2)12(8)9/h4-7,10,13-14H,3H2,1-2H3/t10-/m1/s1. The molecule has 2 aromatic rings. The molecule has 3 heteroatoms. The van der Waals surface area contributed by atoms with Gasteiger partial charge in [-0.25, -0.2) is 0 Å². The maximum Gasteiger partial charge on any atom is 0.128 e. The Kier molecular flexibility index (Phi) is 2.64. The zero-order valence-electron chi connectivity index (χ0n) is 8.95. The topological polar surface area (TPSA) is 45.2 Å². The summed E-state index contributed by atoms with van der Waals surface area (Å²) in [5.74, 6) is 0.802. The first-order valence-corrected chi connectivity index (χ1v) is 5.10. The number of aromatic amines is 1. The molecule has 2 N–H and O–H groups in total. The minimum Gasteiger partial charge on any atom is -0.496 e. The second-order valence-corrected chi connectivity index (χ2v) is 3.55. The van der Waals surface area contributed by atoms with Gasteiger partial charge < -0.3 is 14.8 Å². The molecule has 0 saturated heterocycles. The molecular weight excluding hydrogens is 190 g/mol. The monoisotopic (exact) mass is 205 g/mol. The molecule has 1 aromatic heterocycles. The second-order valence-electron chi connectivity index (χ2n) is 3.55. The molecule has 0 fully saturated rings. The van der Waals surface area contributed by atoms with Crippen LogP contribution in [-0.4, -0.2) is 17.2 Å². The summed E-state index contributed by atoms with van der Waals surface area (Å²) < 4.78 is 5.29. The van der Waals surface area contributed by atoms with Crippen molar-refractivity contribution in [3.05, 3.63) is 30.0 Å². The molecule has 1 aromatic carbocycles. The lowest BCUT2D eigenvalue weighted by molar-refractivity contribution is 0.175. The van der Waals surface area contributed by atoms with Crippen molar-refractivity contribution in [2.45, 2.75) is 19.4 Å². The van der Waals surface area contributed by atoms with E-state index in [0.717, 1.165) is 22.2 Å². The minimum absolute atomic E-state index is 0.435. The molecule has 0 aliphatic rings. The molecular formula is C12H15NO2. The highest BCUT2D eigenvalue weighted by Gasteiger charge is 2.14. The molecule has 15 heavy (non-hydrogen) atoms. The summed E-state index contributed by atoms with van der Waals surface area (Å²) in [7, 11) is 1.64. The van der Waals surface area contributed by atoms with E-state index >= 15 is 0 Å². The minimum atomic E-state index is -0.435. The van der Waals surface area contributed by atoms with Crippen LogP contribution in [0.25, 0.3) is 10.9 Å². The van der Waals surface area contributed by atoms with E-state index in [1.165, 1.54) is 0 Å². The summed E-state index contributed by atoms with van der Waals surface area (Å²) >= 11 is 0. The lowest BCUT2D eigenvalue weighted by Crippen LogP contribution is -1.94. The molecule has 0 saturated carbocycles. The van der Waals surface area contributed by atoms with Crippen LogP contribution in [-0.2, 0) is 0 Å². The third kappa shape index (κ3) is 1.59. The predicted molar refractivity (Wildman–Crippen MR) is 60.1 cm³/mol. The molecule has 0 aliphatic heterocycles. The molecule has 1 heterocycles. The maximum atomic E-state index is 9.86. The molecule has 0 spiro atoms. The molecule has 0 aliphatic carbocycles. The summed E-state index contributed by atoms with van der Waals surface area (Å²) in [6, 6.07) is 5.81. The Morgan fingerprint density at radius 3 is 2.93 bits per heavy atom. The number of benzene rings is 1. The largest absolute Gasteiger partial charge is 0.496 e. The van der Waals surface area contributed by atoms with Gasteiger partial charge in [0, 0.05) is 22.7 Å². The molecule has 0 bridgehead atoms. The Hall–Kier alpha value is -1.48. The molecule has 0 radical (unpaired) electrons. The summed E-state index contributed by atoms with van der Waals surface area (Å²) in [5, 5.41) is 10.8. The van der Waals surface area contributed by atoms with Crippen molar-refractivity contribution in [1.29, 1.82) is 0 Å². The van der Waals surface area contributed by atoms with Crippen molar-refractivity contribution >= 4 is 10.9 Å². The fourth-order valence-electron chi connectivity index (χ4n) is 1.83. The summed E-state index contributed by atoms with van der Waals surface area (Å²) in [5.41, 5.74) is 1.90. The zero-order valence-corrected chi connectivity index (χ0v) is 8.95. The van der Waals surface area contributed by atoms with Gasteiger partial charge in [-0.1, -0.05) is 13.0 Å². The van der Waals surface area contributed by atoms with Gasteiger partial charge in [0.25, 0.3) is 0 Å². The van der Waals surface area contributed by atoms with Crippen LogP contribution >= 0.6 is 0 Å². The number of nitrogens with one attached hydrogen (secondary N) is 1. The van der Waals surface area contributed by atoms with Crippen molar-refractivity contribution in [3.63, 3.8) is 0 Å². The Bertz CT molecular complexity index is 462. The Labute approximate surface area is 88.7 Å². The number of aliphatic hydroxyl groups is 1. The number of rotatable bonds is 3. The fraction of sp³-hybridized carbons (Fsp3) is 0.333. The third-order valence-electron chi connectivity index (χ3n) is 2.66. The molecule has 1 atom stereocenters. The molecule has 0 amide bonds. The van der Waals surface area contributed by atoms with Gasteiger partial charge in [-0.3, -0.25) is 0 Å². The van der Waals surface area contributed by atoms with E-state index in [2.05, 4.69) is 4.98 Å². The Morgan fingerprint density at radius 2 is 2.27 bits per heavy atom. The molecule has 3 nitrogen and oxygen atoms in total. The van der Waals surface area contributed by atoms with Gasteiger partial charge in [-0.15, -0.1) is 0 Å². The number of methoxy groups -OCH3 is 1. The first kappa shape index (κ1) is 10.1. The van der Waals surface area contributed by atoms with Crippen LogP contribution in [0.5, 0.6) is 5.75 Å². The lowest BCUT2D eigenvalue weighted by atomic mass is 10.1. The van der Waals surface area contributed by atoms with Gasteiger partial charge in [-0.2, -0.15) is 0 Å². The summed E-state index contributed by atoms with van der Waals surface area (Å²) in [6.45, 7) is 1.96. The van der Waals surface area contributed by atoms with Gasteiger partial charge in [0.1, 0.15) is 5.75 Å². The van der Waals surface area contributed by atoms with Gasteiger partial charge in [0.2, 0.25) is 0 Å². The van der Waals surface area contributed by atoms with Crippen LogP contribution < -0.4 is 4.74 Å². The van der Waals surface area contributed by atoms with E-state index in [4.69, 9.17) is 4.74 Å². The average molecular weight is 205 g/mol. The van der Waals surface area contributed by atoms with Crippen LogP contribution in [0.2, 0.25) is 0 Å². The number of hydrogen-bond donors (Lipinski definition) is 2. The Morgan fingerprint density at radius 1 is 1.47 bits per heavy atom. The average Bonchev–Trinajstić information content (AvgIpc) is 2.71. The Balaban J connectivity index is 2.65. The van der Waals surface area contributed by atoms with E-state index in [1.807, 2.05) is 31.3 Å². The van der Waals surface area contributed by atoms with Crippen LogP contribution in [0.1, 0.15) is 25.0 Å². The number of aromatic nitrogens is 1. The van der Waals surface area contributed by atoms with Crippen molar-refractivity contribution < 1.29 is 9.84 Å². The predicted octanol–water partition coefficient (Wildman–Crippen LogP) is 2.62. The summed E-state index contributed by atoms with van der Waals surface area (Å²) in [6.07, 6.45) is 2.11. The highest BCUT2D eigenvalue weighted by molar-refractivity contribution is 5.89. The number of fused-ring (bicyclic) bond motifs is 1. The third-order valence-corrected chi connectivity index (χ3v) is 2.66. The van der Waals surface area contributed by atoms with E-state index in [1.54, 1.807) is 7.11 Å². The second kappa shape index (κ2) is 3.95.